The lowest BCUT2D eigenvalue weighted by Crippen LogP contribution is -2.25. The van der Waals surface area contributed by atoms with Crippen molar-refractivity contribution in [1.29, 1.82) is 0 Å². The van der Waals surface area contributed by atoms with E-state index in [0.717, 1.165) is 17.4 Å². The second-order valence-corrected chi connectivity index (χ2v) is 6.98. The molecule has 0 radical (unpaired) electrons. The highest BCUT2D eigenvalue weighted by atomic mass is 79.9. The molecule has 2 unspecified atom stereocenters. The molecule has 0 saturated carbocycles. The van der Waals surface area contributed by atoms with Crippen molar-refractivity contribution < 1.29 is 0 Å². The first-order chi connectivity index (χ1) is 8.74. The van der Waals surface area contributed by atoms with Gasteiger partial charge in [0.1, 0.15) is 0 Å². The normalized spacial score (nSPS) is 22.1. The van der Waals surface area contributed by atoms with E-state index in [4.69, 9.17) is 11.6 Å². The molecule has 1 aliphatic rings. The summed E-state index contributed by atoms with van der Waals surface area (Å²) < 4.78 is 1.15. The fourth-order valence-corrected chi connectivity index (χ4v) is 4.23. The lowest BCUT2D eigenvalue weighted by molar-refractivity contribution is 0.539. The van der Waals surface area contributed by atoms with E-state index >= 15 is 0 Å². The van der Waals surface area contributed by atoms with Crippen LogP contribution >= 0.6 is 38.9 Å². The molecular formula is C14H13BrClNS. The van der Waals surface area contributed by atoms with Gasteiger partial charge in [0.2, 0.25) is 0 Å². The molecule has 1 aliphatic carbocycles. The smallest absolute Gasteiger partial charge is 0.0571 e. The van der Waals surface area contributed by atoms with Gasteiger partial charge in [0.15, 0.2) is 0 Å². The molecular weight excluding hydrogens is 330 g/mol. The van der Waals surface area contributed by atoms with E-state index in [1.807, 2.05) is 0 Å². The number of benzene rings is 1. The quantitative estimate of drug-likeness (QED) is 0.810. The SMILES string of the molecule is ClC1Cc2ccccc2C1NCc1cc(Br)cs1. The Morgan fingerprint density at radius 1 is 1.39 bits per heavy atom. The fourth-order valence-electron chi connectivity index (χ4n) is 2.44. The zero-order valence-electron chi connectivity index (χ0n) is 9.70. The first kappa shape index (κ1) is 12.7. The molecule has 1 heterocycles. The van der Waals surface area contributed by atoms with Crippen LogP contribution in [0.5, 0.6) is 0 Å². The topological polar surface area (TPSA) is 12.0 Å². The molecule has 18 heavy (non-hydrogen) atoms. The lowest BCUT2D eigenvalue weighted by atomic mass is 10.1. The minimum absolute atomic E-state index is 0.158. The molecule has 2 aromatic rings. The predicted octanol–water partition coefficient (Wildman–Crippen LogP) is 4.51. The van der Waals surface area contributed by atoms with E-state index in [-0.39, 0.29) is 11.4 Å². The summed E-state index contributed by atoms with van der Waals surface area (Å²) in [5.41, 5.74) is 2.73. The van der Waals surface area contributed by atoms with E-state index in [9.17, 15) is 0 Å². The van der Waals surface area contributed by atoms with Crippen LogP contribution in [0, 0.1) is 0 Å². The number of rotatable bonds is 3. The first-order valence-electron chi connectivity index (χ1n) is 5.92. The van der Waals surface area contributed by atoms with Crippen LogP contribution in [-0.2, 0) is 13.0 Å². The minimum Gasteiger partial charge on any atom is -0.304 e. The summed E-state index contributed by atoms with van der Waals surface area (Å²) in [4.78, 5) is 1.33. The standard InChI is InChI=1S/C14H13BrClNS/c15-10-6-11(18-8-10)7-17-14-12-4-2-1-3-9(12)5-13(14)16/h1-4,6,8,13-14,17H,5,7H2. The van der Waals surface area contributed by atoms with Crippen LogP contribution in [-0.4, -0.2) is 5.38 Å². The fraction of sp³-hybridized carbons (Fsp3) is 0.286. The van der Waals surface area contributed by atoms with E-state index in [1.165, 1.54) is 16.0 Å². The second-order valence-electron chi connectivity index (χ2n) is 4.51. The summed E-state index contributed by atoms with van der Waals surface area (Å²) in [7, 11) is 0. The number of halogens is 2. The maximum Gasteiger partial charge on any atom is 0.0571 e. The summed E-state index contributed by atoms with van der Waals surface area (Å²) in [5, 5.41) is 5.84. The molecule has 1 aromatic carbocycles. The van der Waals surface area contributed by atoms with Crippen molar-refractivity contribution >= 4 is 38.9 Å². The van der Waals surface area contributed by atoms with Crippen LogP contribution < -0.4 is 5.32 Å². The molecule has 0 amide bonds. The molecule has 0 spiro atoms. The molecule has 1 N–H and O–H groups in total. The van der Waals surface area contributed by atoms with Crippen molar-refractivity contribution in [3.05, 3.63) is 56.2 Å². The van der Waals surface area contributed by atoms with Crippen LogP contribution in [0.1, 0.15) is 22.0 Å². The summed E-state index contributed by atoms with van der Waals surface area (Å²) >= 11 is 11.7. The maximum atomic E-state index is 6.45. The van der Waals surface area contributed by atoms with Crippen molar-refractivity contribution in [2.24, 2.45) is 0 Å². The van der Waals surface area contributed by atoms with Gasteiger partial charge >= 0.3 is 0 Å². The number of hydrogen-bond donors (Lipinski definition) is 1. The highest BCUT2D eigenvalue weighted by molar-refractivity contribution is 9.10. The Labute approximate surface area is 124 Å². The predicted molar refractivity (Wildman–Crippen MR) is 81.4 cm³/mol. The molecule has 4 heteroatoms. The third-order valence-electron chi connectivity index (χ3n) is 3.28. The molecule has 3 rings (SSSR count). The molecule has 0 saturated heterocycles. The van der Waals surface area contributed by atoms with Crippen LogP contribution in [0.3, 0.4) is 0 Å². The van der Waals surface area contributed by atoms with Gasteiger partial charge in [-0.25, -0.2) is 0 Å². The van der Waals surface area contributed by atoms with Gasteiger partial charge in [-0.3, -0.25) is 0 Å². The average Bonchev–Trinajstić information content (AvgIpc) is 2.90. The number of hydrogen-bond acceptors (Lipinski definition) is 2. The van der Waals surface area contributed by atoms with Gasteiger partial charge in [-0.2, -0.15) is 0 Å². The van der Waals surface area contributed by atoms with Gasteiger partial charge in [-0.1, -0.05) is 24.3 Å². The van der Waals surface area contributed by atoms with Gasteiger partial charge in [0.05, 0.1) is 5.38 Å². The Morgan fingerprint density at radius 3 is 3.00 bits per heavy atom. The molecule has 0 aliphatic heterocycles. The Bertz CT molecular complexity index is 554. The zero-order chi connectivity index (χ0) is 12.5. The van der Waals surface area contributed by atoms with Crippen molar-refractivity contribution in [2.75, 3.05) is 0 Å². The Balaban J connectivity index is 1.73. The van der Waals surface area contributed by atoms with E-state index in [2.05, 4.69) is 57.0 Å². The third kappa shape index (κ3) is 2.50. The van der Waals surface area contributed by atoms with Gasteiger partial charge in [0.25, 0.3) is 0 Å². The van der Waals surface area contributed by atoms with E-state index in [0.29, 0.717) is 0 Å². The van der Waals surface area contributed by atoms with Crippen LogP contribution in [0.25, 0.3) is 0 Å². The lowest BCUT2D eigenvalue weighted by Gasteiger charge is -2.16. The average molecular weight is 343 g/mol. The zero-order valence-corrected chi connectivity index (χ0v) is 12.9. The van der Waals surface area contributed by atoms with Gasteiger partial charge < -0.3 is 5.32 Å². The summed E-state index contributed by atoms with van der Waals surface area (Å²) in [6, 6.07) is 10.9. The van der Waals surface area contributed by atoms with Crippen molar-refractivity contribution in [3.63, 3.8) is 0 Å². The van der Waals surface area contributed by atoms with Gasteiger partial charge in [-0.15, -0.1) is 22.9 Å². The Hall–Kier alpha value is -0.350. The number of fused-ring (bicyclic) bond motifs is 1. The third-order valence-corrected chi connectivity index (χ3v) is 5.39. The van der Waals surface area contributed by atoms with Crippen molar-refractivity contribution in [3.8, 4) is 0 Å². The summed E-state index contributed by atoms with van der Waals surface area (Å²) in [6.45, 7) is 0.873. The maximum absolute atomic E-state index is 6.45. The monoisotopic (exact) mass is 341 g/mol. The molecule has 1 aromatic heterocycles. The largest absolute Gasteiger partial charge is 0.304 e. The first-order valence-corrected chi connectivity index (χ1v) is 8.03. The van der Waals surface area contributed by atoms with Gasteiger partial charge in [-0.05, 0) is 39.5 Å². The highest BCUT2D eigenvalue weighted by Crippen LogP contribution is 2.35. The summed E-state index contributed by atoms with van der Waals surface area (Å²) in [5.74, 6) is 0. The molecule has 94 valence electrons. The van der Waals surface area contributed by atoms with Crippen molar-refractivity contribution in [2.45, 2.75) is 24.4 Å². The van der Waals surface area contributed by atoms with Crippen LogP contribution in [0.15, 0.2) is 40.2 Å². The van der Waals surface area contributed by atoms with E-state index in [1.54, 1.807) is 11.3 Å². The molecule has 2 atom stereocenters. The highest BCUT2D eigenvalue weighted by Gasteiger charge is 2.30. The molecule has 1 nitrogen and oxygen atoms in total. The van der Waals surface area contributed by atoms with Gasteiger partial charge in [0, 0.05) is 27.3 Å². The van der Waals surface area contributed by atoms with Crippen LogP contribution in [0.2, 0.25) is 0 Å². The van der Waals surface area contributed by atoms with E-state index < -0.39 is 0 Å². The Morgan fingerprint density at radius 2 is 2.22 bits per heavy atom. The van der Waals surface area contributed by atoms with Crippen molar-refractivity contribution in [1.82, 2.24) is 5.32 Å². The molecule has 0 fully saturated rings. The molecule has 0 bridgehead atoms. The number of thiophene rings is 1. The second kappa shape index (κ2) is 5.33. The number of nitrogens with one attached hydrogen (secondary N) is 1. The summed E-state index contributed by atoms with van der Waals surface area (Å²) in [6.07, 6.45) is 0.962. The minimum atomic E-state index is 0.158. The number of alkyl halides is 1. The Kier molecular flexibility index (Phi) is 3.76. The van der Waals surface area contributed by atoms with Crippen LogP contribution in [0.4, 0.5) is 0 Å².